The fourth-order valence-corrected chi connectivity index (χ4v) is 3.52. The molecule has 1 fully saturated rings. The second-order valence-electron chi connectivity index (χ2n) is 7.08. The minimum absolute atomic E-state index is 0. The monoisotopic (exact) mass is 376 g/mol. The Kier molecular flexibility index (Phi) is 6.79. The molecule has 2 aromatic rings. The first-order valence-electron chi connectivity index (χ1n) is 8.86. The van der Waals surface area contributed by atoms with Crippen LogP contribution in [0.2, 0.25) is 0 Å². The highest BCUT2D eigenvalue weighted by molar-refractivity contribution is 5.85. The van der Waals surface area contributed by atoms with Gasteiger partial charge in [-0.2, -0.15) is 0 Å². The smallest absolute Gasteiger partial charge is 0.224 e. The summed E-state index contributed by atoms with van der Waals surface area (Å²) in [7, 11) is 0. The van der Waals surface area contributed by atoms with E-state index in [1.165, 1.54) is 12.1 Å². The predicted octanol–water partition coefficient (Wildman–Crippen LogP) is 4.12. The molecule has 0 bridgehead atoms. The third-order valence-corrected chi connectivity index (χ3v) is 5.50. The lowest BCUT2D eigenvalue weighted by atomic mass is 9.64. The lowest BCUT2D eigenvalue weighted by molar-refractivity contribution is -0.125. The van der Waals surface area contributed by atoms with E-state index in [1.54, 1.807) is 0 Å². The van der Waals surface area contributed by atoms with Gasteiger partial charge in [-0.15, -0.1) is 12.4 Å². The van der Waals surface area contributed by atoms with Crippen molar-refractivity contribution in [2.24, 2.45) is 11.7 Å². The van der Waals surface area contributed by atoms with Crippen LogP contribution in [-0.4, -0.2) is 12.5 Å². The molecule has 0 saturated heterocycles. The highest BCUT2D eigenvalue weighted by atomic mass is 35.5. The Morgan fingerprint density at radius 3 is 2.31 bits per heavy atom. The Labute approximate surface area is 160 Å². The summed E-state index contributed by atoms with van der Waals surface area (Å²) in [5, 5.41) is 3.08. The summed E-state index contributed by atoms with van der Waals surface area (Å²) in [6, 6.07) is 16.0. The number of hydrogen-bond acceptors (Lipinski definition) is 2. The molecule has 3 nitrogen and oxygen atoms in total. The van der Waals surface area contributed by atoms with Crippen molar-refractivity contribution in [1.82, 2.24) is 5.32 Å². The molecule has 3 rings (SSSR count). The molecule has 2 atom stereocenters. The van der Waals surface area contributed by atoms with Gasteiger partial charge < -0.3 is 11.1 Å². The van der Waals surface area contributed by atoms with E-state index in [1.807, 2.05) is 49.4 Å². The van der Waals surface area contributed by atoms with Crippen LogP contribution < -0.4 is 11.1 Å². The van der Waals surface area contributed by atoms with Gasteiger partial charge in [0.25, 0.3) is 0 Å². The van der Waals surface area contributed by atoms with Crippen molar-refractivity contribution in [2.75, 3.05) is 6.54 Å². The molecular weight excluding hydrogens is 351 g/mol. The summed E-state index contributed by atoms with van der Waals surface area (Å²) in [4.78, 5) is 12.6. The zero-order valence-corrected chi connectivity index (χ0v) is 15.8. The number of nitrogens with two attached hydrogens (primary N) is 1. The summed E-state index contributed by atoms with van der Waals surface area (Å²) in [6.45, 7) is 2.43. The van der Waals surface area contributed by atoms with Crippen molar-refractivity contribution < 1.29 is 9.18 Å². The van der Waals surface area contributed by atoms with Gasteiger partial charge in [-0.3, -0.25) is 4.79 Å². The first-order chi connectivity index (χ1) is 12.0. The zero-order valence-electron chi connectivity index (χ0n) is 15.0. The molecule has 0 aromatic heterocycles. The average molecular weight is 377 g/mol. The Morgan fingerprint density at radius 1 is 1.15 bits per heavy atom. The molecule has 0 spiro atoms. The molecule has 1 saturated carbocycles. The van der Waals surface area contributed by atoms with Crippen molar-refractivity contribution in [2.45, 2.75) is 37.6 Å². The molecule has 0 aliphatic heterocycles. The molecule has 1 aliphatic rings. The van der Waals surface area contributed by atoms with Gasteiger partial charge in [0, 0.05) is 18.0 Å². The fourth-order valence-electron chi connectivity index (χ4n) is 3.52. The van der Waals surface area contributed by atoms with Crippen molar-refractivity contribution in [3.63, 3.8) is 0 Å². The van der Waals surface area contributed by atoms with Gasteiger partial charge in [0.05, 0.1) is 5.92 Å². The van der Waals surface area contributed by atoms with Crippen LogP contribution in [0.15, 0.2) is 54.6 Å². The van der Waals surface area contributed by atoms with Gasteiger partial charge in [0.1, 0.15) is 5.82 Å². The van der Waals surface area contributed by atoms with Gasteiger partial charge in [-0.25, -0.2) is 4.39 Å². The molecule has 1 aliphatic carbocycles. The van der Waals surface area contributed by atoms with Crippen molar-refractivity contribution in [3.05, 3.63) is 71.5 Å². The first-order valence-corrected chi connectivity index (χ1v) is 8.86. The number of nitrogens with one attached hydrogen (secondary N) is 1. The Morgan fingerprint density at radius 2 is 1.77 bits per heavy atom. The SMILES string of the molecule is CC(C(=O)NCC1(c2ccc(F)cc2)CCC1)C(N)c1ccccc1.Cl. The molecule has 3 N–H and O–H groups in total. The number of carbonyl (C=O) groups excluding carboxylic acids is 1. The van der Waals surface area contributed by atoms with Crippen LogP contribution in [0, 0.1) is 11.7 Å². The van der Waals surface area contributed by atoms with Gasteiger partial charge in [0.2, 0.25) is 5.91 Å². The average Bonchev–Trinajstić information content (AvgIpc) is 2.61. The second kappa shape index (κ2) is 8.65. The Hall–Kier alpha value is -1.91. The van der Waals surface area contributed by atoms with E-state index in [4.69, 9.17) is 5.73 Å². The van der Waals surface area contributed by atoms with Crippen LogP contribution in [-0.2, 0) is 10.2 Å². The first kappa shape index (κ1) is 20.4. The van der Waals surface area contributed by atoms with Crippen molar-refractivity contribution in [3.8, 4) is 0 Å². The number of carbonyl (C=O) groups is 1. The minimum Gasteiger partial charge on any atom is -0.355 e. The molecule has 2 aromatic carbocycles. The minimum atomic E-state index is -0.329. The molecule has 1 amide bonds. The van der Waals surface area contributed by atoms with E-state index in [9.17, 15) is 9.18 Å². The van der Waals surface area contributed by atoms with Gasteiger partial charge >= 0.3 is 0 Å². The molecule has 0 radical (unpaired) electrons. The van der Waals surface area contributed by atoms with Crippen LogP contribution in [0.1, 0.15) is 43.4 Å². The maximum Gasteiger partial charge on any atom is 0.224 e. The van der Waals surface area contributed by atoms with E-state index >= 15 is 0 Å². The summed E-state index contributed by atoms with van der Waals surface area (Å²) in [5.74, 6) is -0.581. The zero-order chi connectivity index (χ0) is 17.9. The highest BCUT2D eigenvalue weighted by Crippen LogP contribution is 2.43. The van der Waals surface area contributed by atoms with Gasteiger partial charge in [0.15, 0.2) is 0 Å². The van der Waals surface area contributed by atoms with Crippen LogP contribution >= 0.6 is 12.4 Å². The number of halogens is 2. The van der Waals surface area contributed by atoms with Crippen molar-refractivity contribution in [1.29, 1.82) is 0 Å². The van der Waals surface area contributed by atoms with Crippen LogP contribution in [0.4, 0.5) is 4.39 Å². The quantitative estimate of drug-likeness (QED) is 0.796. The van der Waals surface area contributed by atoms with Crippen LogP contribution in [0.3, 0.4) is 0 Å². The summed E-state index contributed by atoms with van der Waals surface area (Å²) in [6.07, 6.45) is 3.16. The number of benzene rings is 2. The standard InChI is InChI=1S/C21H25FN2O.ClH/c1-15(19(23)16-6-3-2-4-7-16)20(25)24-14-21(12-5-13-21)17-8-10-18(22)11-9-17;/h2-4,6-11,15,19H,5,12-14,23H2,1H3,(H,24,25);1H. The van der Waals surface area contributed by atoms with Crippen LogP contribution in [0.5, 0.6) is 0 Å². The van der Waals surface area contributed by atoms with Crippen molar-refractivity contribution >= 4 is 18.3 Å². The van der Waals surface area contributed by atoms with E-state index in [0.717, 1.165) is 30.4 Å². The van der Waals surface area contributed by atoms with Gasteiger partial charge in [-0.1, -0.05) is 55.8 Å². The maximum atomic E-state index is 13.2. The molecule has 2 unspecified atom stereocenters. The van der Waals surface area contributed by atoms with E-state index in [0.29, 0.717) is 6.54 Å². The number of amides is 1. The van der Waals surface area contributed by atoms with E-state index in [-0.39, 0.29) is 41.5 Å². The van der Waals surface area contributed by atoms with Crippen LogP contribution in [0.25, 0.3) is 0 Å². The molecule has 140 valence electrons. The third kappa shape index (κ3) is 4.25. The predicted molar refractivity (Wildman–Crippen MR) is 105 cm³/mol. The Bertz CT molecular complexity index is 717. The molecule has 0 heterocycles. The van der Waals surface area contributed by atoms with E-state index in [2.05, 4.69) is 5.32 Å². The molecule has 5 heteroatoms. The lowest BCUT2D eigenvalue weighted by Gasteiger charge is -2.43. The summed E-state index contributed by atoms with van der Waals surface area (Å²) >= 11 is 0. The topological polar surface area (TPSA) is 55.1 Å². The highest BCUT2D eigenvalue weighted by Gasteiger charge is 2.39. The summed E-state index contributed by atoms with van der Waals surface area (Å²) in [5.41, 5.74) is 8.24. The molecular formula is C21H26ClFN2O. The van der Waals surface area contributed by atoms with E-state index < -0.39 is 0 Å². The summed E-state index contributed by atoms with van der Waals surface area (Å²) < 4.78 is 13.2. The molecule has 26 heavy (non-hydrogen) atoms. The number of rotatable bonds is 6. The van der Waals surface area contributed by atoms with Gasteiger partial charge in [-0.05, 0) is 36.1 Å². The number of hydrogen-bond donors (Lipinski definition) is 2. The fraction of sp³-hybridized carbons (Fsp3) is 0.381. The Balaban J connectivity index is 0.00000243. The maximum absolute atomic E-state index is 13.2. The third-order valence-electron chi connectivity index (χ3n) is 5.50. The normalized spacial score (nSPS) is 17.3. The lowest BCUT2D eigenvalue weighted by Crippen LogP contribution is -2.47. The second-order valence-corrected chi connectivity index (χ2v) is 7.08. The largest absolute Gasteiger partial charge is 0.355 e.